The first kappa shape index (κ1) is 22.8. The molecule has 2 heterocycles. The fraction of sp³-hybridized carbons (Fsp3) is 0.556. The van der Waals surface area contributed by atoms with Gasteiger partial charge in [-0.1, -0.05) is 31.4 Å². The second-order valence-corrected chi connectivity index (χ2v) is 9.49. The Hall–Kier alpha value is -2.40. The summed E-state index contributed by atoms with van der Waals surface area (Å²) in [5, 5.41) is 0. The van der Waals surface area contributed by atoms with Gasteiger partial charge in [0.15, 0.2) is 0 Å². The van der Waals surface area contributed by atoms with Crippen LogP contribution in [-0.2, 0) is 6.54 Å². The minimum absolute atomic E-state index is 0.153. The molecule has 0 bridgehead atoms. The Labute approximate surface area is 192 Å². The Morgan fingerprint density at radius 1 is 1.03 bits per heavy atom. The molecule has 1 aromatic carbocycles. The van der Waals surface area contributed by atoms with Crippen molar-refractivity contribution in [2.24, 2.45) is 0 Å². The Balaban J connectivity index is 1.42. The first-order valence-electron chi connectivity index (χ1n) is 12.1. The first-order chi connectivity index (χ1) is 15.5. The maximum absolute atomic E-state index is 13.4. The van der Waals surface area contributed by atoms with E-state index in [0.29, 0.717) is 12.0 Å². The van der Waals surface area contributed by atoms with E-state index in [1.807, 2.05) is 43.1 Å². The van der Waals surface area contributed by atoms with Crippen molar-refractivity contribution in [1.82, 2.24) is 14.8 Å². The molecule has 1 amide bonds. The molecule has 0 unspecified atom stereocenters. The van der Waals surface area contributed by atoms with Gasteiger partial charge in [-0.2, -0.15) is 0 Å². The summed E-state index contributed by atoms with van der Waals surface area (Å²) in [5.74, 6) is 1.40. The number of hydrogen-bond acceptors (Lipinski definition) is 4. The van der Waals surface area contributed by atoms with E-state index in [4.69, 9.17) is 9.72 Å². The monoisotopic (exact) mass is 435 g/mol. The summed E-state index contributed by atoms with van der Waals surface area (Å²) < 4.78 is 5.27. The summed E-state index contributed by atoms with van der Waals surface area (Å²) >= 11 is 0. The Morgan fingerprint density at radius 3 is 2.38 bits per heavy atom. The number of nitrogens with zero attached hydrogens (tertiary/aromatic N) is 3. The topological polar surface area (TPSA) is 45.7 Å². The van der Waals surface area contributed by atoms with Crippen LogP contribution in [0.15, 0.2) is 36.4 Å². The lowest BCUT2D eigenvalue weighted by Crippen LogP contribution is -2.39. The molecule has 2 aliphatic rings. The number of rotatable bonds is 6. The van der Waals surface area contributed by atoms with Gasteiger partial charge in [-0.3, -0.25) is 14.7 Å². The number of amides is 1. The van der Waals surface area contributed by atoms with Crippen molar-refractivity contribution in [1.29, 1.82) is 0 Å². The molecule has 0 spiro atoms. The molecule has 0 atom stereocenters. The Bertz CT molecular complexity index is 898. The van der Waals surface area contributed by atoms with Crippen LogP contribution < -0.4 is 4.74 Å². The van der Waals surface area contributed by atoms with Crippen LogP contribution in [0.25, 0.3) is 0 Å². The van der Waals surface area contributed by atoms with Crippen LogP contribution in [-0.4, -0.2) is 54.0 Å². The summed E-state index contributed by atoms with van der Waals surface area (Å²) in [4.78, 5) is 22.8. The summed E-state index contributed by atoms with van der Waals surface area (Å²) in [7, 11) is 3.68. The van der Waals surface area contributed by atoms with Gasteiger partial charge in [0.2, 0.25) is 0 Å². The van der Waals surface area contributed by atoms with Crippen LogP contribution in [0.3, 0.4) is 0 Å². The van der Waals surface area contributed by atoms with Gasteiger partial charge in [-0.15, -0.1) is 0 Å². The number of carbonyl (C=O) groups is 1. The zero-order valence-corrected chi connectivity index (χ0v) is 19.8. The zero-order chi connectivity index (χ0) is 22.5. The molecule has 0 N–H and O–H groups in total. The number of methoxy groups -OCH3 is 1. The molecule has 1 aliphatic heterocycles. The fourth-order valence-corrected chi connectivity index (χ4v) is 5.25. The molecule has 2 fully saturated rings. The number of carbonyl (C=O) groups excluding carboxylic acids is 1. The SMILES string of the molecule is COc1ccc(CN2CCC(c3nc(C)ccc3C(=O)N(C)C3CCCCC3)CC2)cc1. The average Bonchev–Trinajstić information content (AvgIpc) is 2.84. The molecule has 2 aromatic rings. The standard InChI is InChI=1S/C27H37N3O2/c1-20-9-14-25(27(31)29(2)23-7-5-4-6-8-23)26(28-20)22-15-17-30(18-16-22)19-21-10-12-24(32-3)13-11-21/h9-14,22-23H,4-8,15-19H2,1-3H3. The zero-order valence-electron chi connectivity index (χ0n) is 19.8. The predicted octanol–water partition coefficient (Wildman–Crippen LogP) is 5.18. The highest BCUT2D eigenvalue weighted by Gasteiger charge is 2.29. The van der Waals surface area contributed by atoms with Gasteiger partial charge in [0.05, 0.1) is 18.4 Å². The second-order valence-electron chi connectivity index (χ2n) is 9.49. The van der Waals surface area contributed by atoms with Crippen LogP contribution in [0.4, 0.5) is 0 Å². The summed E-state index contributed by atoms with van der Waals surface area (Å²) in [6.45, 7) is 5.03. The van der Waals surface area contributed by atoms with E-state index in [-0.39, 0.29) is 5.91 Å². The van der Waals surface area contributed by atoms with E-state index in [2.05, 4.69) is 17.0 Å². The van der Waals surface area contributed by atoms with E-state index >= 15 is 0 Å². The van der Waals surface area contributed by atoms with Gasteiger partial charge >= 0.3 is 0 Å². The molecular formula is C27H37N3O2. The van der Waals surface area contributed by atoms with Crippen LogP contribution in [0.5, 0.6) is 5.75 Å². The third kappa shape index (κ3) is 5.32. The molecule has 172 valence electrons. The molecule has 5 nitrogen and oxygen atoms in total. The number of pyridine rings is 1. The molecular weight excluding hydrogens is 398 g/mol. The van der Waals surface area contributed by atoms with Crippen molar-refractivity contribution in [2.75, 3.05) is 27.2 Å². The third-order valence-electron chi connectivity index (χ3n) is 7.28. The Morgan fingerprint density at radius 2 is 1.72 bits per heavy atom. The predicted molar refractivity (Wildman–Crippen MR) is 128 cm³/mol. The van der Waals surface area contributed by atoms with E-state index < -0.39 is 0 Å². The number of aromatic nitrogens is 1. The lowest BCUT2D eigenvalue weighted by molar-refractivity contribution is 0.0693. The minimum atomic E-state index is 0.153. The smallest absolute Gasteiger partial charge is 0.255 e. The highest BCUT2D eigenvalue weighted by atomic mass is 16.5. The Kier molecular flexibility index (Phi) is 7.46. The van der Waals surface area contributed by atoms with Crippen LogP contribution in [0.2, 0.25) is 0 Å². The maximum atomic E-state index is 13.4. The number of aryl methyl sites for hydroxylation is 1. The van der Waals surface area contributed by atoms with Gasteiger partial charge in [-0.05, 0) is 75.5 Å². The maximum Gasteiger partial charge on any atom is 0.255 e. The van der Waals surface area contributed by atoms with Crippen molar-refractivity contribution in [3.8, 4) is 5.75 Å². The number of ether oxygens (including phenoxy) is 1. The van der Waals surface area contributed by atoms with Crippen LogP contribution in [0.1, 0.15) is 78.2 Å². The second kappa shape index (κ2) is 10.5. The lowest BCUT2D eigenvalue weighted by Gasteiger charge is -2.34. The van der Waals surface area contributed by atoms with Gasteiger partial charge < -0.3 is 9.64 Å². The van der Waals surface area contributed by atoms with E-state index in [9.17, 15) is 4.79 Å². The van der Waals surface area contributed by atoms with Crippen molar-refractivity contribution in [3.63, 3.8) is 0 Å². The third-order valence-corrected chi connectivity index (χ3v) is 7.28. The molecule has 1 saturated carbocycles. The molecule has 1 aliphatic carbocycles. The quantitative estimate of drug-likeness (QED) is 0.627. The first-order valence-corrected chi connectivity index (χ1v) is 12.1. The molecule has 4 rings (SSSR count). The van der Waals surface area contributed by atoms with Gasteiger partial charge in [-0.25, -0.2) is 0 Å². The number of likely N-dealkylation sites (tertiary alicyclic amines) is 1. The average molecular weight is 436 g/mol. The summed E-state index contributed by atoms with van der Waals surface area (Å²) in [5.41, 5.74) is 4.14. The number of benzene rings is 1. The highest BCUT2D eigenvalue weighted by molar-refractivity contribution is 5.95. The molecule has 1 aromatic heterocycles. The van der Waals surface area contributed by atoms with Crippen LogP contribution in [0, 0.1) is 6.92 Å². The number of hydrogen-bond donors (Lipinski definition) is 0. The normalized spacial score (nSPS) is 18.5. The molecule has 32 heavy (non-hydrogen) atoms. The minimum Gasteiger partial charge on any atom is -0.497 e. The van der Waals surface area contributed by atoms with E-state index in [1.165, 1.54) is 24.8 Å². The van der Waals surface area contributed by atoms with Gasteiger partial charge in [0.25, 0.3) is 5.91 Å². The molecule has 1 saturated heterocycles. The van der Waals surface area contributed by atoms with E-state index in [0.717, 1.165) is 68.0 Å². The molecule has 5 heteroatoms. The van der Waals surface area contributed by atoms with Gasteiger partial charge in [0.1, 0.15) is 5.75 Å². The van der Waals surface area contributed by atoms with Crippen molar-refractivity contribution in [3.05, 3.63) is 58.9 Å². The summed E-state index contributed by atoms with van der Waals surface area (Å²) in [6, 6.07) is 12.7. The molecule has 0 radical (unpaired) electrons. The van der Waals surface area contributed by atoms with Crippen LogP contribution >= 0.6 is 0 Å². The fourth-order valence-electron chi connectivity index (χ4n) is 5.25. The van der Waals surface area contributed by atoms with Crippen molar-refractivity contribution >= 4 is 5.91 Å². The highest BCUT2D eigenvalue weighted by Crippen LogP contribution is 2.32. The lowest BCUT2D eigenvalue weighted by atomic mass is 9.89. The van der Waals surface area contributed by atoms with Crippen molar-refractivity contribution in [2.45, 2.75) is 70.4 Å². The number of piperidine rings is 1. The van der Waals surface area contributed by atoms with Gasteiger partial charge in [0, 0.05) is 31.2 Å². The summed E-state index contributed by atoms with van der Waals surface area (Å²) in [6.07, 6.45) is 8.09. The largest absolute Gasteiger partial charge is 0.497 e. The van der Waals surface area contributed by atoms with Crippen molar-refractivity contribution < 1.29 is 9.53 Å². The van der Waals surface area contributed by atoms with E-state index in [1.54, 1.807) is 7.11 Å².